The fourth-order valence-electron chi connectivity index (χ4n) is 0.309. The summed E-state index contributed by atoms with van der Waals surface area (Å²) in [6.45, 7) is 12.2. The molecule has 0 spiro atoms. The lowest BCUT2D eigenvalue weighted by molar-refractivity contribution is 1.17. The Kier molecular flexibility index (Phi) is 3.01. The van der Waals surface area contributed by atoms with E-state index < -0.39 is 8.24 Å². The summed E-state index contributed by atoms with van der Waals surface area (Å²) >= 11 is 0. The van der Waals surface area contributed by atoms with Gasteiger partial charge in [0.25, 0.3) is 0 Å². The van der Waals surface area contributed by atoms with Crippen molar-refractivity contribution in [2.45, 2.75) is 19.6 Å². The first-order chi connectivity index (χ1) is 3.56. The molecule has 0 aliphatic carbocycles. The highest BCUT2D eigenvalue weighted by atomic mass is 28.3. The van der Waals surface area contributed by atoms with Crippen LogP contribution in [-0.4, -0.2) is 8.24 Å². The highest BCUT2D eigenvalue weighted by Crippen LogP contribution is 1.93. The van der Waals surface area contributed by atoms with E-state index >= 15 is 0 Å². The van der Waals surface area contributed by atoms with Crippen molar-refractivity contribution < 1.29 is 0 Å². The highest BCUT2D eigenvalue weighted by Gasteiger charge is 2.09. The van der Waals surface area contributed by atoms with Crippen LogP contribution in [0.4, 0.5) is 0 Å². The van der Waals surface area contributed by atoms with E-state index in [1.165, 1.54) is 0 Å². The van der Waals surface area contributed by atoms with E-state index in [-0.39, 0.29) is 0 Å². The second-order valence-electron chi connectivity index (χ2n) is 2.80. The maximum absolute atomic E-state index is 3.57. The van der Waals surface area contributed by atoms with Crippen molar-refractivity contribution in [2.24, 2.45) is 0 Å². The normalized spacial score (nSPS) is 11.4. The van der Waals surface area contributed by atoms with Gasteiger partial charge in [-0.15, -0.1) is 6.58 Å². The Hall–Kier alpha value is -0.0831. The van der Waals surface area contributed by atoms with E-state index in [0.29, 0.717) is 0 Å². The van der Waals surface area contributed by atoms with Gasteiger partial charge in [-0.2, -0.15) is 0 Å². The second-order valence-corrected chi connectivity index (χ2v) is 7.59. The maximum atomic E-state index is 3.57. The van der Waals surface area contributed by atoms with Crippen LogP contribution in [0, 0.1) is 6.54 Å². The third kappa shape index (κ3) is 5.92. The van der Waals surface area contributed by atoms with Crippen molar-refractivity contribution in [3.8, 4) is 0 Å². The first-order valence-electron chi connectivity index (χ1n) is 2.78. The van der Waals surface area contributed by atoms with E-state index in [4.69, 9.17) is 0 Å². The Morgan fingerprint density at radius 3 is 2.00 bits per heavy atom. The zero-order chi connectivity index (χ0) is 6.62. The minimum absolute atomic E-state index is 1.05. The Bertz CT molecular complexity index is 73.1. The number of hydrogen-bond acceptors (Lipinski definition) is 1. The molecule has 0 fully saturated rings. The van der Waals surface area contributed by atoms with Crippen LogP contribution in [0.1, 0.15) is 0 Å². The molecule has 1 N–H and O–H groups in total. The highest BCUT2D eigenvalue weighted by molar-refractivity contribution is 6.73. The summed E-state index contributed by atoms with van der Waals surface area (Å²) in [6, 6.07) is 0. The molecule has 0 saturated heterocycles. The summed E-state index contributed by atoms with van der Waals surface area (Å²) in [6.07, 6.45) is 1.78. The molecule has 2 heteroatoms. The molecule has 0 aromatic heterocycles. The topological polar surface area (TPSA) is 12.0 Å². The maximum Gasteiger partial charge on any atom is 0.116 e. The van der Waals surface area contributed by atoms with Crippen molar-refractivity contribution in [3.05, 3.63) is 19.2 Å². The molecule has 0 aromatic carbocycles. The predicted molar refractivity (Wildman–Crippen MR) is 41.0 cm³/mol. The molecule has 0 heterocycles. The molecular formula is C6H14NSi. The monoisotopic (exact) mass is 128 g/mol. The standard InChI is InChI=1S/C6H14NSi/c1-5-6-7-8(2,3)4/h5-7H,1H2,2-4H3. The average Bonchev–Trinajstić information content (AvgIpc) is 1.59. The van der Waals surface area contributed by atoms with Crippen LogP contribution in [-0.2, 0) is 0 Å². The summed E-state index contributed by atoms with van der Waals surface area (Å²) in [5, 5.41) is 0. The van der Waals surface area contributed by atoms with Crippen molar-refractivity contribution in [1.82, 2.24) is 4.98 Å². The van der Waals surface area contributed by atoms with Gasteiger partial charge >= 0.3 is 0 Å². The molecule has 0 atom stereocenters. The van der Waals surface area contributed by atoms with Crippen LogP contribution in [0.2, 0.25) is 19.6 Å². The summed E-state index contributed by atoms with van der Waals surface area (Å²) in [5.41, 5.74) is 0. The van der Waals surface area contributed by atoms with Crippen molar-refractivity contribution in [1.29, 1.82) is 0 Å². The molecule has 0 aliphatic rings. The molecule has 0 saturated carbocycles. The minimum Gasteiger partial charge on any atom is -0.330 e. The smallest absolute Gasteiger partial charge is 0.116 e. The third-order valence-electron chi connectivity index (χ3n) is 0.634. The van der Waals surface area contributed by atoms with Gasteiger partial charge in [-0.05, 0) is 0 Å². The molecule has 1 radical (unpaired) electrons. The molecule has 1 nitrogen and oxygen atoms in total. The van der Waals surface area contributed by atoms with Gasteiger partial charge in [0, 0.05) is 6.54 Å². The van der Waals surface area contributed by atoms with Gasteiger partial charge in [0.2, 0.25) is 0 Å². The number of hydrogen-bond donors (Lipinski definition) is 1. The Morgan fingerprint density at radius 1 is 1.38 bits per heavy atom. The first kappa shape index (κ1) is 7.92. The predicted octanol–water partition coefficient (Wildman–Crippen LogP) is 1.76. The van der Waals surface area contributed by atoms with Gasteiger partial charge < -0.3 is 4.98 Å². The Balaban J connectivity index is 3.24. The van der Waals surface area contributed by atoms with E-state index in [2.05, 4.69) is 31.2 Å². The lowest BCUT2D eigenvalue weighted by atomic mass is 10.7. The molecule has 0 bridgehead atoms. The van der Waals surface area contributed by atoms with Crippen molar-refractivity contribution in [3.63, 3.8) is 0 Å². The van der Waals surface area contributed by atoms with Crippen molar-refractivity contribution in [2.75, 3.05) is 0 Å². The van der Waals surface area contributed by atoms with Gasteiger partial charge in [0.15, 0.2) is 0 Å². The van der Waals surface area contributed by atoms with Gasteiger partial charge in [-0.3, -0.25) is 0 Å². The summed E-state index contributed by atoms with van der Waals surface area (Å²) < 4.78 is 0. The lowest BCUT2D eigenvalue weighted by Crippen LogP contribution is -2.38. The fourth-order valence-corrected chi connectivity index (χ4v) is 0.927. The largest absolute Gasteiger partial charge is 0.330 e. The fraction of sp³-hybridized carbons (Fsp3) is 0.500. The summed E-state index contributed by atoms with van der Waals surface area (Å²) in [4.78, 5) is 3.27. The molecule has 0 aromatic rings. The average molecular weight is 128 g/mol. The minimum atomic E-state index is -1.05. The molecule has 0 rings (SSSR count). The lowest BCUT2D eigenvalue weighted by Gasteiger charge is -2.15. The van der Waals surface area contributed by atoms with Crippen LogP contribution in [0.15, 0.2) is 12.7 Å². The molecule has 8 heavy (non-hydrogen) atoms. The van der Waals surface area contributed by atoms with E-state index in [1.807, 2.05) is 6.54 Å². The van der Waals surface area contributed by atoms with Gasteiger partial charge in [-0.25, -0.2) is 0 Å². The van der Waals surface area contributed by atoms with E-state index in [0.717, 1.165) is 0 Å². The SMILES string of the molecule is C=C[CH]N[Si](C)(C)C. The zero-order valence-electron chi connectivity index (χ0n) is 5.86. The van der Waals surface area contributed by atoms with Gasteiger partial charge in [-0.1, -0.05) is 25.7 Å². The third-order valence-corrected chi connectivity index (χ3v) is 1.67. The molecular weight excluding hydrogens is 114 g/mol. The zero-order valence-corrected chi connectivity index (χ0v) is 6.86. The molecule has 0 amide bonds. The number of rotatable bonds is 3. The number of nitrogens with one attached hydrogen (secondary N) is 1. The Morgan fingerprint density at radius 2 is 1.88 bits per heavy atom. The molecule has 0 aliphatic heterocycles. The van der Waals surface area contributed by atoms with Crippen molar-refractivity contribution >= 4 is 8.24 Å². The molecule has 47 valence electrons. The first-order valence-corrected chi connectivity index (χ1v) is 6.28. The Labute approximate surface area is 52.9 Å². The van der Waals surface area contributed by atoms with Crippen LogP contribution in [0.25, 0.3) is 0 Å². The second kappa shape index (κ2) is 3.05. The van der Waals surface area contributed by atoms with Crippen LogP contribution < -0.4 is 4.98 Å². The van der Waals surface area contributed by atoms with Gasteiger partial charge in [0.1, 0.15) is 8.24 Å². The quantitative estimate of drug-likeness (QED) is 0.571. The molecule has 0 unspecified atom stereocenters. The van der Waals surface area contributed by atoms with Crippen LogP contribution in [0.5, 0.6) is 0 Å². The summed E-state index contributed by atoms with van der Waals surface area (Å²) in [5.74, 6) is 0. The summed E-state index contributed by atoms with van der Waals surface area (Å²) in [7, 11) is -1.05. The van der Waals surface area contributed by atoms with E-state index in [1.54, 1.807) is 6.08 Å². The van der Waals surface area contributed by atoms with Crippen LogP contribution >= 0.6 is 0 Å². The van der Waals surface area contributed by atoms with E-state index in [9.17, 15) is 0 Å². The van der Waals surface area contributed by atoms with Gasteiger partial charge in [0.05, 0.1) is 0 Å². The van der Waals surface area contributed by atoms with Crippen LogP contribution in [0.3, 0.4) is 0 Å².